The zero-order valence-corrected chi connectivity index (χ0v) is 13.9. The van der Waals surface area contributed by atoms with E-state index in [1.807, 2.05) is 6.07 Å². The number of alkyl carbamates (subject to hydrolysis) is 1. The molecule has 2 N–H and O–H groups in total. The number of fused-ring (bicyclic) bond motifs is 1. The number of carbonyl (C=O) groups excluding carboxylic acids is 2. The number of phenolic OH excluding ortho intramolecular Hbond substituents is 1. The fraction of sp³-hybridized carbons (Fsp3) is 0.529. The van der Waals surface area contributed by atoms with Gasteiger partial charge in [0.25, 0.3) is 0 Å². The Balaban J connectivity index is 2.30. The summed E-state index contributed by atoms with van der Waals surface area (Å²) in [7, 11) is 1.28. The normalized spacial score (nSPS) is 20.3. The summed E-state index contributed by atoms with van der Waals surface area (Å²) < 4.78 is 10.1. The van der Waals surface area contributed by atoms with Crippen LogP contribution in [0.4, 0.5) is 4.79 Å². The van der Waals surface area contributed by atoms with Gasteiger partial charge in [-0.3, -0.25) is 0 Å². The van der Waals surface area contributed by atoms with Gasteiger partial charge in [0.2, 0.25) is 0 Å². The van der Waals surface area contributed by atoms with Crippen molar-refractivity contribution in [2.45, 2.75) is 51.2 Å². The molecule has 0 unspecified atom stereocenters. The van der Waals surface area contributed by atoms with Crippen molar-refractivity contribution in [3.8, 4) is 5.75 Å². The van der Waals surface area contributed by atoms with E-state index in [2.05, 4.69) is 5.32 Å². The van der Waals surface area contributed by atoms with Crippen molar-refractivity contribution in [2.24, 2.45) is 0 Å². The molecule has 0 aliphatic heterocycles. The van der Waals surface area contributed by atoms with Crippen LogP contribution in [0.5, 0.6) is 5.75 Å². The SMILES string of the molecule is COC(=O)[C@@]1(NC(=O)OC(C)(C)C)CCc2cccc(O)c2C1. The second-order valence-electron chi connectivity index (χ2n) is 6.79. The zero-order valence-electron chi connectivity index (χ0n) is 13.9. The van der Waals surface area contributed by atoms with Gasteiger partial charge in [-0.2, -0.15) is 0 Å². The number of phenols is 1. The Kier molecular flexibility index (Phi) is 4.54. The number of hydrogen-bond donors (Lipinski definition) is 2. The maximum absolute atomic E-state index is 12.3. The summed E-state index contributed by atoms with van der Waals surface area (Å²) in [6.45, 7) is 5.25. The van der Waals surface area contributed by atoms with Crippen molar-refractivity contribution < 1.29 is 24.2 Å². The maximum atomic E-state index is 12.3. The van der Waals surface area contributed by atoms with Gasteiger partial charge in [-0.05, 0) is 50.8 Å². The van der Waals surface area contributed by atoms with Gasteiger partial charge in [-0.15, -0.1) is 0 Å². The van der Waals surface area contributed by atoms with Crippen LogP contribution in [0.3, 0.4) is 0 Å². The molecule has 0 fully saturated rings. The minimum Gasteiger partial charge on any atom is -0.508 e. The van der Waals surface area contributed by atoms with Crippen LogP contribution in [0.1, 0.15) is 38.3 Å². The first kappa shape index (κ1) is 17.1. The van der Waals surface area contributed by atoms with Crippen LogP contribution in [0.25, 0.3) is 0 Å². The van der Waals surface area contributed by atoms with Crippen LogP contribution >= 0.6 is 0 Å². The van der Waals surface area contributed by atoms with Crippen molar-refractivity contribution in [1.29, 1.82) is 0 Å². The molecule has 1 aromatic carbocycles. The standard InChI is InChI=1S/C17H23NO5/c1-16(2,3)23-15(21)18-17(14(20)22-4)9-8-11-6-5-7-13(19)12(11)10-17/h5-7,19H,8-10H2,1-4H3,(H,18,21)/t17-/m1/s1. The molecule has 1 aliphatic carbocycles. The van der Waals surface area contributed by atoms with E-state index in [1.165, 1.54) is 7.11 Å². The molecule has 0 aromatic heterocycles. The van der Waals surface area contributed by atoms with Crippen LogP contribution in [-0.4, -0.2) is 35.4 Å². The Morgan fingerprint density at radius 3 is 2.61 bits per heavy atom. The molecule has 2 rings (SSSR count). The highest BCUT2D eigenvalue weighted by atomic mass is 16.6. The van der Waals surface area contributed by atoms with Gasteiger partial charge in [0.15, 0.2) is 0 Å². The van der Waals surface area contributed by atoms with E-state index in [0.29, 0.717) is 18.4 Å². The van der Waals surface area contributed by atoms with Crippen LogP contribution < -0.4 is 5.32 Å². The Morgan fingerprint density at radius 2 is 2.00 bits per heavy atom. The van der Waals surface area contributed by atoms with E-state index in [9.17, 15) is 14.7 Å². The number of benzene rings is 1. The van der Waals surface area contributed by atoms with E-state index >= 15 is 0 Å². The summed E-state index contributed by atoms with van der Waals surface area (Å²) in [6.07, 6.45) is 0.423. The first-order valence-electron chi connectivity index (χ1n) is 7.56. The van der Waals surface area contributed by atoms with Crippen LogP contribution in [-0.2, 0) is 27.1 Å². The average Bonchev–Trinajstić information content (AvgIpc) is 2.45. The fourth-order valence-corrected chi connectivity index (χ4v) is 2.82. The lowest BCUT2D eigenvalue weighted by atomic mass is 9.77. The summed E-state index contributed by atoms with van der Waals surface area (Å²) in [5.74, 6) is -0.432. The third-order valence-corrected chi connectivity index (χ3v) is 3.86. The summed E-state index contributed by atoms with van der Waals surface area (Å²) in [5.41, 5.74) is -0.283. The number of aryl methyl sites for hydroxylation is 1. The van der Waals surface area contributed by atoms with Crippen LogP contribution in [0, 0.1) is 0 Å². The maximum Gasteiger partial charge on any atom is 0.408 e. The highest BCUT2D eigenvalue weighted by molar-refractivity contribution is 5.87. The summed E-state index contributed by atoms with van der Waals surface area (Å²) >= 11 is 0. The smallest absolute Gasteiger partial charge is 0.408 e. The highest BCUT2D eigenvalue weighted by Crippen LogP contribution is 2.35. The third-order valence-electron chi connectivity index (χ3n) is 3.86. The largest absolute Gasteiger partial charge is 0.508 e. The van der Waals surface area contributed by atoms with Gasteiger partial charge in [0.1, 0.15) is 16.9 Å². The lowest BCUT2D eigenvalue weighted by Crippen LogP contribution is -2.59. The predicted molar refractivity (Wildman–Crippen MR) is 84.2 cm³/mol. The highest BCUT2D eigenvalue weighted by Gasteiger charge is 2.45. The van der Waals surface area contributed by atoms with Gasteiger partial charge in [0.05, 0.1) is 7.11 Å². The van der Waals surface area contributed by atoms with Crippen molar-refractivity contribution in [2.75, 3.05) is 7.11 Å². The van der Waals surface area contributed by atoms with Crippen molar-refractivity contribution in [3.05, 3.63) is 29.3 Å². The number of methoxy groups -OCH3 is 1. The number of aromatic hydroxyl groups is 1. The molecule has 1 atom stereocenters. The first-order chi connectivity index (χ1) is 10.7. The molecule has 6 nitrogen and oxygen atoms in total. The molecular formula is C17H23NO5. The Bertz CT molecular complexity index is 620. The number of ether oxygens (including phenoxy) is 2. The number of rotatable bonds is 2. The molecule has 23 heavy (non-hydrogen) atoms. The lowest BCUT2D eigenvalue weighted by molar-refractivity contribution is -0.149. The third kappa shape index (κ3) is 3.75. The van der Waals surface area contributed by atoms with E-state index < -0.39 is 23.2 Å². The van der Waals surface area contributed by atoms with Gasteiger partial charge < -0.3 is 19.9 Å². The van der Waals surface area contributed by atoms with Crippen molar-refractivity contribution in [3.63, 3.8) is 0 Å². The van der Waals surface area contributed by atoms with E-state index in [0.717, 1.165) is 5.56 Å². The molecule has 0 spiro atoms. The van der Waals surface area contributed by atoms with Gasteiger partial charge in [-0.25, -0.2) is 9.59 Å². The number of hydrogen-bond acceptors (Lipinski definition) is 5. The van der Waals surface area contributed by atoms with E-state index in [1.54, 1.807) is 32.9 Å². The van der Waals surface area contributed by atoms with Crippen LogP contribution in [0.2, 0.25) is 0 Å². The summed E-state index contributed by atoms with van der Waals surface area (Å²) in [4.78, 5) is 24.5. The van der Waals surface area contributed by atoms with Crippen molar-refractivity contribution >= 4 is 12.1 Å². The summed E-state index contributed by atoms with van der Waals surface area (Å²) in [5, 5.41) is 12.7. The second kappa shape index (κ2) is 6.10. The molecule has 1 aromatic rings. The molecule has 0 radical (unpaired) electrons. The Hall–Kier alpha value is -2.24. The van der Waals surface area contributed by atoms with E-state index in [4.69, 9.17) is 9.47 Å². The molecular weight excluding hydrogens is 298 g/mol. The molecule has 1 aliphatic rings. The monoisotopic (exact) mass is 321 g/mol. The minimum absolute atomic E-state index is 0.112. The molecule has 126 valence electrons. The van der Waals surface area contributed by atoms with Crippen LogP contribution in [0.15, 0.2) is 18.2 Å². The molecule has 0 saturated carbocycles. The quantitative estimate of drug-likeness (QED) is 0.817. The fourth-order valence-electron chi connectivity index (χ4n) is 2.82. The topological polar surface area (TPSA) is 84.9 Å². The zero-order chi connectivity index (χ0) is 17.3. The Morgan fingerprint density at radius 1 is 1.30 bits per heavy atom. The second-order valence-corrected chi connectivity index (χ2v) is 6.79. The molecule has 1 amide bonds. The number of esters is 1. The molecule has 0 saturated heterocycles. The predicted octanol–water partition coefficient (Wildman–Crippen LogP) is 2.32. The van der Waals surface area contributed by atoms with Crippen molar-refractivity contribution in [1.82, 2.24) is 5.32 Å². The number of nitrogens with one attached hydrogen (secondary N) is 1. The number of amides is 1. The minimum atomic E-state index is -1.23. The first-order valence-corrected chi connectivity index (χ1v) is 7.56. The molecule has 6 heteroatoms. The van der Waals surface area contributed by atoms with E-state index in [-0.39, 0.29) is 12.2 Å². The number of carbonyl (C=O) groups is 2. The molecule has 0 heterocycles. The molecule has 0 bridgehead atoms. The average molecular weight is 321 g/mol. The van der Waals surface area contributed by atoms with Gasteiger partial charge in [-0.1, -0.05) is 12.1 Å². The Labute approximate surface area is 135 Å². The summed E-state index contributed by atoms with van der Waals surface area (Å²) in [6, 6.07) is 5.24. The lowest BCUT2D eigenvalue weighted by Gasteiger charge is -2.36. The van der Waals surface area contributed by atoms with Gasteiger partial charge in [0, 0.05) is 6.42 Å². The van der Waals surface area contributed by atoms with Gasteiger partial charge >= 0.3 is 12.1 Å².